The first-order valence-electron chi connectivity index (χ1n) is 7.69. The van der Waals surface area contributed by atoms with Gasteiger partial charge < -0.3 is 9.80 Å². The van der Waals surface area contributed by atoms with Gasteiger partial charge in [0.25, 0.3) is 5.91 Å². The van der Waals surface area contributed by atoms with E-state index < -0.39 is 0 Å². The third kappa shape index (κ3) is 4.04. The quantitative estimate of drug-likeness (QED) is 0.787. The lowest BCUT2D eigenvalue weighted by molar-refractivity contribution is -0.127. The first-order valence-corrected chi connectivity index (χ1v) is 8.94. The van der Waals surface area contributed by atoms with Crippen LogP contribution in [0.5, 0.6) is 0 Å². The fourth-order valence-corrected chi connectivity index (χ4v) is 3.46. The van der Waals surface area contributed by atoms with E-state index in [1.54, 1.807) is 28.0 Å². The monoisotopic (exact) mass is 360 g/mol. The molecule has 4 nitrogen and oxygen atoms in total. The Kier molecular flexibility index (Phi) is 5.33. The number of piperazine rings is 1. The highest BCUT2D eigenvalue weighted by Crippen LogP contribution is 2.15. The smallest absolute Gasteiger partial charge is 0.264 e. The average Bonchev–Trinajstić information content (AvgIpc) is 3.14. The van der Waals surface area contributed by atoms with Gasteiger partial charge in [-0.1, -0.05) is 29.8 Å². The van der Waals surface area contributed by atoms with Crippen LogP contribution in [0, 0.1) is 0 Å². The zero-order chi connectivity index (χ0) is 16.9. The molecule has 0 unspecified atom stereocenters. The zero-order valence-corrected chi connectivity index (χ0v) is 14.6. The van der Waals surface area contributed by atoms with E-state index in [0.29, 0.717) is 31.2 Å². The van der Waals surface area contributed by atoms with Crippen molar-refractivity contribution >= 4 is 40.8 Å². The summed E-state index contributed by atoms with van der Waals surface area (Å²) in [5, 5.41) is 2.54. The Hall–Kier alpha value is -2.11. The third-order valence-electron chi connectivity index (χ3n) is 3.88. The molecule has 0 bridgehead atoms. The molecule has 3 rings (SSSR count). The molecule has 24 heavy (non-hydrogen) atoms. The van der Waals surface area contributed by atoms with Crippen LogP contribution in [0.25, 0.3) is 6.08 Å². The van der Waals surface area contributed by atoms with Crippen molar-refractivity contribution in [3.63, 3.8) is 0 Å². The van der Waals surface area contributed by atoms with Gasteiger partial charge in [-0.25, -0.2) is 0 Å². The summed E-state index contributed by atoms with van der Waals surface area (Å²) in [4.78, 5) is 28.9. The Morgan fingerprint density at radius 2 is 1.79 bits per heavy atom. The minimum absolute atomic E-state index is 0.0433. The van der Waals surface area contributed by atoms with Crippen molar-refractivity contribution in [2.75, 3.05) is 26.2 Å². The van der Waals surface area contributed by atoms with Crippen LogP contribution in [0.1, 0.15) is 15.2 Å². The first kappa shape index (κ1) is 16.7. The molecule has 0 atom stereocenters. The second-order valence-corrected chi connectivity index (χ2v) is 6.87. The topological polar surface area (TPSA) is 40.6 Å². The third-order valence-corrected chi connectivity index (χ3v) is 4.97. The molecule has 1 fully saturated rings. The Morgan fingerprint density at radius 3 is 2.46 bits per heavy atom. The fraction of sp³-hybridized carbons (Fsp3) is 0.222. The van der Waals surface area contributed by atoms with E-state index in [2.05, 4.69) is 0 Å². The number of hydrogen-bond donors (Lipinski definition) is 0. The van der Waals surface area contributed by atoms with E-state index in [-0.39, 0.29) is 11.8 Å². The molecule has 2 amide bonds. The second-order valence-electron chi connectivity index (χ2n) is 5.48. The summed E-state index contributed by atoms with van der Waals surface area (Å²) in [6, 6.07) is 11.1. The maximum absolute atomic E-state index is 12.3. The van der Waals surface area contributed by atoms with Gasteiger partial charge in [-0.05, 0) is 35.2 Å². The number of thiophene rings is 1. The van der Waals surface area contributed by atoms with Gasteiger partial charge in [-0.2, -0.15) is 0 Å². The van der Waals surface area contributed by atoms with Crippen molar-refractivity contribution in [2.45, 2.75) is 0 Å². The van der Waals surface area contributed by atoms with E-state index in [1.165, 1.54) is 11.3 Å². The minimum atomic E-state index is -0.0433. The van der Waals surface area contributed by atoms with Gasteiger partial charge >= 0.3 is 0 Å². The van der Waals surface area contributed by atoms with Gasteiger partial charge in [0, 0.05) is 37.3 Å². The van der Waals surface area contributed by atoms with Gasteiger partial charge in [0.15, 0.2) is 0 Å². The molecule has 0 saturated carbocycles. The molecule has 0 spiro atoms. The van der Waals surface area contributed by atoms with E-state index >= 15 is 0 Å². The number of nitrogens with zero attached hydrogens (tertiary/aromatic N) is 2. The number of amides is 2. The normalized spacial score (nSPS) is 15.0. The van der Waals surface area contributed by atoms with Crippen LogP contribution >= 0.6 is 22.9 Å². The number of rotatable bonds is 3. The molecule has 0 N–H and O–H groups in total. The Balaban J connectivity index is 1.54. The van der Waals surface area contributed by atoms with Crippen LogP contribution < -0.4 is 0 Å². The molecule has 1 saturated heterocycles. The summed E-state index contributed by atoms with van der Waals surface area (Å²) in [6.45, 7) is 2.23. The highest BCUT2D eigenvalue weighted by Gasteiger charge is 2.24. The maximum atomic E-state index is 12.3. The SMILES string of the molecule is O=C(/C=C/c1cccc(Cl)c1)N1CCN(C(=O)c2cccs2)CC1. The van der Waals surface area contributed by atoms with Crippen molar-refractivity contribution < 1.29 is 9.59 Å². The van der Waals surface area contributed by atoms with Crippen LogP contribution in [0.3, 0.4) is 0 Å². The molecule has 1 aromatic heterocycles. The summed E-state index contributed by atoms with van der Waals surface area (Å²) in [5.74, 6) is 0.00441. The van der Waals surface area contributed by atoms with Crippen LogP contribution in [0.15, 0.2) is 47.9 Å². The largest absolute Gasteiger partial charge is 0.336 e. The van der Waals surface area contributed by atoms with Crippen molar-refractivity contribution in [1.29, 1.82) is 0 Å². The van der Waals surface area contributed by atoms with Crippen LogP contribution in [-0.4, -0.2) is 47.8 Å². The molecule has 1 aliphatic heterocycles. The van der Waals surface area contributed by atoms with Crippen molar-refractivity contribution in [2.24, 2.45) is 0 Å². The van der Waals surface area contributed by atoms with Crippen molar-refractivity contribution in [1.82, 2.24) is 9.80 Å². The van der Waals surface area contributed by atoms with Gasteiger partial charge in [-0.3, -0.25) is 9.59 Å². The van der Waals surface area contributed by atoms with E-state index in [4.69, 9.17) is 11.6 Å². The lowest BCUT2D eigenvalue weighted by Gasteiger charge is -2.34. The first-order chi connectivity index (χ1) is 11.6. The molecule has 1 aromatic carbocycles. The zero-order valence-electron chi connectivity index (χ0n) is 13.0. The molecule has 0 radical (unpaired) electrons. The van der Waals surface area contributed by atoms with Gasteiger partial charge in [0.05, 0.1) is 4.88 Å². The Bertz CT molecular complexity index is 750. The number of halogens is 1. The lowest BCUT2D eigenvalue weighted by atomic mass is 10.2. The van der Waals surface area contributed by atoms with Crippen molar-refractivity contribution in [3.05, 3.63) is 63.3 Å². The number of carbonyl (C=O) groups excluding carboxylic acids is 2. The number of carbonyl (C=O) groups is 2. The second kappa shape index (κ2) is 7.64. The molecular formula is C18H17ClN2O2S. The van der Waals surface area contributed by atoms with E-state index in [1.807, 2.05) is 35.7 Å². The predicted molar refractivity (Wildman–Crippen MR) is 97.3 cm³/mol. The van der Waals surface area contributed by atoms with E-state index in [0.717, 1.165) is 10.4 Å². The van der Waals surface area contributed by atoms with Gasteiger partial charge in [-0.15, -0.1) is 11.3 Å². The average molecular weight is 361 g/mol. The molecular weight excluding hydrogens is 344 g/mol. The van der Waals surface area contributed by atoms with Crippen LogP contribution in [0.2, 0.25) is 5.02 Å². The summed E-state index contributed by atoms with van der Waals surface area (Å²) in [5.41, 5.74) is 0.891. The van der Waals surface area contributed by atoms with Gasteiger partial charge in [0.2, 0.25) is 5.91 Å². The Morgan fingerprint density at radius 1 is 1.04 bits per heavy atom. The highest BCUT2D eigenvalue weighted by molar-refractivity contribution is 7.12. The molecule has 0 aliphatic carbocycles. The Labute approximate surface area is 149 Å². The van der Waals surface area contributed by atoms with Gasteiger partial charge in [0.1, 0.15) is 0 Å². The maximum Gasteiger partial charge on any atom is 0.264 e. The van der Waals surface area contributed by atoms with Crippen molar-refractivity contribution in [3.8, 4) is 0 Å². The standard InChI is InChI=1S/C18H17ClN2O2S/c19-15-4-1-3-14(13-15)6-7-17(22)20-8-10-21(11-9-20)18(23)16-5-2-12-24-16/h1-7,12-13H,8-11H2/b7-6+. The summed E-state index contributed by atoms with van der Waals surface area (Å²) in [6.07, 6.45) is 3.32. The molecule has 124 valence electrons. The van der Waals surface area contributed by atoms with Crippen LogP contribution in [-0.2, 0) is 4.79 Å². The number of hydrogen-bond acceptors (Lipinski definition) is 3. The summed E-state index contributed by atoms with van der Waals surface area (Å²) < 4.78 is 0. The molecule has 6 heteroatoms. The van der Waals surface area contributed by atoms with E-state index in [9.17, 15) is 9.59 Å². The predicted octanol–water partition coefficient (Wildman–Crippen LogP) is 3.40. The number of benzene rings is 1. The molecule has 2 heterocycles. The molecule has 2 aromatic rings. The minimum Gasteiger partial charge on any atom is -0.336 e. The highest BCUT2D eigenvalue weighted by atomic mass is 35.5. The lowest BCUT2D eigenvalue weighted by Crippen LogP contribution is -2.50. The fourth-order valence-electron chi connectivity index (χ4n) is 2.57. The summed E-state index contributed by atoms with van der Waals surface area (Å²) in [7, 11) is 0. The molecule has 1 aliphatic rings. The van der Waals surface area contributed by atoms with Crippen LogP contribution in [0.4, 0.5) is 0 Å². The summed E-state index contributed by atoms with van der Waals surface area (Å²) >= 11 is 7.38.